The quantitative estimate of drug-likeness (QED) is 0.214. The highest BCUT2D eigenvalue weighted by atomic mass is 19.4. The van der Waals surface area contributed by atoms with Crippen LogP contribution in [0.3, 0.4) is 0 Å². The summed E-state index contributed by atoms with van der Waals surface area (Å²) >= 11 is 0. The highest BCUT2D eigenvalue weighted by molar-refractivity contribution is 5.48. The van der Waals surface area contributed by atoms with E-state index in [-0.39, 0.29) is 29.4 Å². The molecule has 0 bridgehead atoms. The molecule has 43 heavy (non-hydrogen) atoms. The Kier molecular flexibility index (Phi) is 7.95. The minimum absolute atomic E-state index is 0.0701. The van der Waals surface area contributed by atoms with Crippen LogP contribution in [0.1, 0.15) is 36.5 Å². The van der Waals surface area contributed by atoms with E-state index in [1.807, 2.05) is 0 Å². The lowest BCUT2D eigenvalue weighted by molar-refractivity contribution is -0.253. The lowest BCUT2D eigenvalue weighted by Gasteiger charge is -2.45. The van der Waals surface area contributed by atoms with E-state index in [1.54, 1.807) is 30.3 Å². The standard InChI is InChI=1S/C30H24F9NO3/c1-17-40(16-26(41-17)29(35,36)37)28(15-18-5-3-2-4-6-18,19-7-10-24(32)25(13-19)42-22-8-9-22)20-11-21(31)14-23(12-20)43-30(38,39)27(33)34/h2-7,10-14,16-17,22,27H,8-9,15H2,1H3/t17-,28?/m1/s1. The number of hydrogen-bond acceptors (Lipinski definition) is 4. The fourth-order valence-electron chi connectivity index (χ4n) is 4.99. The molecule has 5 rings (SSSR count). The number of nitrogens with zero attached hydrogens (tertiary/aromatic N) is 1. The van der Waals surface area contributed by atoms with E-state index in [2.05, 4.69) is 4.74 Å². The van der Waals surface area contributed by atoms with E-state index in [4.69, 9.17) is 9.47 Å². The number of alkyl halides is 7. The van der Waals surface area contributed by atoms with Crippen LogP contribution in [-0.2, 0) is 16.7 Å². The number of hydrogen-bond donors (Lipinski definition) is 0. The van der Waals surface area contributed by atoms with Gasteiger partial charge in [0.1, 0.15) is 11.6 Å². The summed E-state index contributed by atoms with van der Waals surface area (Å²) in [6, 6.07) is 13.8. The first-order chi connectivity index (χ1) is 20.2. The highest BCUT2D eigenvalue weighted by Gasteiger charge is 2.51. The molecular formula is C30H24F9NO3. The average Bonchev–Trinajstić information content (AvgIpc) is 3.65. The van der Waals surface area contributed by atoms with Gasteiger partial charge in [0, 0.05) is 12.5 Å². The smallest absolute Gasteiger partial charge is 0.461 e. The zero-order valence-corrected chi connectivity index (χ0v) is 22.4. The third-order valence-corrected chi connectivity index (χ3v) is 7.05. The second-order valence-corrected chi connectivity index (χ2v) is 10.2. The third-order valence-electron chi connectivity index (χ3n) is 7.05. The maximum atomic E-state index is 15.1. The van der Waals surface area contributed by atoms with Crippen LogP contribution in [0.25, 0.3) is 0 Å². The highest BCUT2D eigenvalue weighted by Crippen LogP contribution is 2.48. The molecule has 0 spiro atoms. The molecule has 13 heteroatoms. The fraction of sp³-hybridized carbons (Fsp3) is 0.333. The van der Waals surface area contributed by atoms with Gasteiger partial charge < -0.3 is 19.1 Å². The zero-order valence-electron chi connectivity index (χ0n) is 22.4. The molecule has 230 valence electrons. The Morgan fingerprint density at radius 2 is 1.60 bits per heavy atom. The minimum Gasteiger partial charge on any atom is -0.487 e. The van der Waals surface area contributed by atoms with Crippen LogP contribution in [0.4, 0.5) is 39.5 Å². The van der Waals surface area contributed by atoms with Crippen LogP contribution in [0, 0.1) is 11.6 Å². The monoisotopic (exact) mass is 617 g/mol. The first kappa shape index (κ1) is 30.4. The molecule has 1 fully saturated rings. The van der Waals surface area contributed by atoms with Crippen molar-refractivity contribution in [2.24, 2.45) is 0 Å². The minimum atomic E-state index is -5.01. The molecule has 1 heterocycles. The Balaban J connectivity index is 1.79. The second-order valence-electron chi connectivity index (χ2n) is 10.2. The van der Waals surface area contributed by atoms with Crippen LogP contribution in [0.2, 0.25) is 0 Å². The second kappa shape index (κ2) is 11.2. The molecule has 1 aliphatic carbocycles. The van der Waals surface area contributed by atoms with E-state index in [0.717, 1.165) is 23.1 Å². The first-order valence-electron chi connectivity index (χ1n) is 13.1. The van der Waals surface area contributed by atoms with Gasteiger partial charge in [0.2, 0.25) is 5.76 Å². The average molecular weight is 618 g/mol. The number of halogens is 9. The summed E-state index contributed by atoms with van der Waals surface area (Å²) in [6.45, 7) is 1.28. The summed E-state index contributed by atoms with van der Waals surface area (Å²) in [5, 5.41) is 0. The van der Waals surface area contributed by atoms with Crippen molar-refractivity contribution in [3.05, 3.63) is 107 Å². The molecule has 1 unspecified atom stereocenters. The number of allylic oxidation sites excluding steroid dienone is 1. The maximum absolute atomic E-state index is 15.1. The Morgan fingerprint density at radius 3 is 2.21 bits per heavy atom. The van der Waals surface area contributed by atoms with Crippen LogP contribution >= 0.6 is 0 Å². The van der Waals surface area contributed by atoms with E-state index in [9.17, 15) is 35.1 Å². The van der Waals surface area contributed by atoms with Crippen molar-refractivity contribution in [3.63, 3.8) is 0 Å². The molecule has 2 atom stereocenters. The van der Waals surface area contributed by atoms with Crippen molar-refractivity contribution in [1.29, 1.82) is 0 Å². The molecule has 3 aromatic rings. The summed E-state index contributed by atoms with van der Waals surface area (Å²) in [7, 11) is 0. The molecule has 4 nitrogen and oxygen atoms in total. The summed E-state index contributed by atoms with van der Waals surface area (Å²) in [4.78, 5) is 1.10. The van der Waals surface area contributed by atoms with E-state index < -0.39 is 53.6 Å². The third kappa shape index (κ3) is 6.35. The van der Waals surface area contributed by atoms with Gasteiger partial charge in [0.25, 0.3) is 0 Å². The Morgan fingerprint density at radius 1 is 0.907 bits per heavy atom. The predicted octanol–water partition coefficient (Wildman–Crippen LogP) is 8.31. The van der Waals surface area contributed by atoms with E-state index in [1.165, 1.54) is 19.1 Å². The molecule has 0 aromatic heterocycles. The van der Waals surface area contributed by atoms with Gasteiger partial charge in [0.05, 0.1) is 17.8 Å². The first-order valence-corrected chi connectivity index (χ1v) is 13.1. The van der Waals surface area contributed by atoms with Gasteiger partial charge in [-0.05, 0) is 60.7 Å². The van der Waals surface area contributed by atoms with Gasteiger partial charge in [-0.25, -0.2) is 8.78 Å². The normalized spacial score (nSPS) is 18.7. The lowest BCUT2D eigenvalue weighted by Crippen LogP contribution is -2.49. The molecule has 0 radical (unpaired) electrons. The van der Waals surface area contributed by atoms with Gasteiger partial charge >= 0.3 is 18.7 Å². The largest absolute Gasteiger partial charge is 0.487 e. The molecular weight excluding hydrogens is 593 g/mol. The molecule has 2 aliphatic rings. The number of rotatable bonds is 10. The topological polar surface area (TPSA) is 30.9 Å². The Bertz CT molecular complexity index is 1490. The predicted molar refractivity (Wildman–Crippen MR) is 135 cm³/mol. The summed E-state index contributed by atoms with van der Waals surface area (Å²) in [5.74, 6) is -4.63. The summed E-state index contributed by atoms with van der Waals surface area (Å²) in [6.07, 6.45) is -14.2. The lowest BCUT2D eigenvalue weighted by atomic mass is 9.76. The summed E-state index contributed by atoms with van der Waals surface area (Å²) < 4.78 is 140. The van der Waals surface area contributed by atoms with Gasteiger partial charge in [-0.2, -0.15) is 30.7 Å². The zero-order chi connectivity index (χ0) is 31.2. The van der Waals surface area contributed by atoms with E-state index in [0.29, 0.717) is 30.7 Å². The molecule has 0 saturated heterocycles. The van der Waals surface area contributed by atoms with Crippen molar-refractivity contribution < 1.29 is 53.7 Å². The molecule has 3 aromatic carbocycles. The molecule has 0 amide bonds. The van der Waals surface area contributed by atoms with Gasteiger partial charge in [-0.1, -0.05) is 36.4 Å². The maximum Gasteiger partial charge on any atom is 0.461 e. The number of ether oxygens (including phenoxy) is 3. The van der Waals surface area contributed by atoms with Crippen molar-refractivity contribution >= 4 is 0 Å². The van der Waals surface area contributed by atoms with Gasteiger partial charge in [0.15, 0.2) is 17.8 Å². The van der Waals surface area contributed by atoms with Gasteiger partial charge in [-0.3, -0.25) is 0 Å². The Labute approximate surface area is 240 Å². The van der Waals surface area contributed by atoms with Crippen molar-refractivity contribution in [1.82, 2.24) is 4.90 Å². The number of benzene rings is 3. The van der Waals surface area contributed by atoms with Crippen LogP contribution in [0.15, 0.2) is 78.7 Å². The summed E-state index contributed by atoms with van der Waals surface area (Å²) in [5.41, 5.74) is -1.65. The van der Waals surface area contributed by atoms with Crippen molar-refractivity contribution in [2.45, 2.75) is 62.8 Å². The molecule has 1 saturated carbocycles. The van der Waals surface area contributed by atoms with E-state index >= 15 is 4.39 Å². The molecule has 0 N–H and O–H groups in total. The van der Waals surface area contributed by atoms with Crippen molar-refractivity contribution in [2.75, 3.05) is 0 Å². The molecule has 1 aliphatic heterocycles. The van der Waals surface area contributed by atoms with Crippen LogP contribution in [-0.4, -0.2) is 35.9 Å². The fourth-order valence-corrected chi connectivity index (χ4v) is 4.99. The van der Waals surface area contributed by atoms with Crippen LogP contribution in [0.5, 0.6) is 11.5 Å². The SMILES string of the molecule is C[C@H]1OC(C(F)(F)F)=CN1C(Cc1ccccc1)(c1cc(F)cc(OC(F)(F)C(F)F)c1)c1ccc(F)c(OC2CC2)c1. The van der Waals surface area contributed by atoms with Gasteiger partial charge in [-0.15, -0.1) is 0 Å². The van der Waals surface area contributed by atoms with Crippen molar-refractivity contribution in [3.8, 4) is 11.5 Å². The van der Waals surface area contributed by atoms with Crippen LogP contribution < -0.4 is 9.47 Å². The Hall–Kier alpha value is -4.03.